The standard InChI is InChI=1S/C66H41N3/c1-2-14-52-50(12-1)51-13-3-4-15-53(51)61-40-45(30-38-54(52)61)44-28-33-47(34-29-44)67(49-37-39-58-60-20-11-19-59-57-18-7-10-23-64(57)69(66(59)60)65(58)41-49)46-31-24-42(25-32-46)43-26-35-48(36-27-43)68-62-21-8-5-16-55(62)56-17-6-9-22-63(56)68/h1-41H. The molecular weight excluding hydrogens is 835 g/mol. The van der Waals surface area contributed by atoms with Crippen LogP contribution in [0.2, 0.25) is 0 Å². The maximum atomic E-state index is 2.47. The van der Waals surface area contributed by atoms with E-state index in [2.05, 4.69) is 263 Å². The number of benzene rings is 12. The summed E-state index contributed by atoms with van der Waals surface area (Å²) >= 11 is 0. The Hall–Kier alpha value is -9.18. The molecule has 3 nitrogen and oxygen atoms in total. The van der Waals surface area contributed by atoms with Gasteiger partial charge in [-0.1, -0.05) is 176 Å². The smallest absolute Gasteiger partial charge is 0.0620 e. The molecule has 320 valence electrons. The molecule has 15 aromatic rings. The maximum absolute atomic E-state index is 2.47. The third kappa shape index (κ3) is 5.62. The highest BCUT2D eigenvalue weighted by Crippen LogP contribution is 2.44. The number of rotatable bonds is 6. The molecule has 0 saturated carbocycles. The lowest BCUT2D eigenvalue weighted by Crippen LogP contribution is -2.10. The Labute approximate surface area is 397 Å². The second-order valence-corrected chi connectivity index (χ2v) is 18.5. The third-order valence-electron chi connectivity index (χ3n) is 14.8. The Bertz CT molecular complexity index is 4430. The molecule has 15 rings (SSSR count). The van der Waals surface area contributed by atoms with E-state index < -0.39 is 0 Å². The van der Waals surface area contributed by atoms with Crippen molar-refractivity contribution in [1.82, 2.24) is 8.97 Å². The molecule has 0 aliphatic rings. The Kier molecular flexibility index (Phi) is 8.07. The lowest BCUT2D eigenvalue weighted by molar-refractivity contribution is 1.18. The minimum absolute atomic E-state index is 1.09. The van der Waals surface area contributed by atoms with Gasteiger partial charge >= 0.3 is 0 Å². The van der Waals surface area contributed by atoms with E-state index in [0.29, 0.717) is 0 Å². The van der Waals surface area contributed by atoms with Crippen LogP contribution >= 0.6 is 0 Å². The number of nitrogens with zero attached hydrogens (tertiary/aromatic N) is 3. The van der Waals surface area contributed by atoms with Gasteiger partial charge in [-0.2, -0.15) is 0 Å². The first-order valence-corrected chi connectivity index (χ1v) is 23.8. The van der Waals surface area contributed by atoms with Gasteiger partial charge in [-0.25, -0.2) is 0 Å². The molecule has 0 spiro atoms. The fraction of sp³-hybridized carbons (Fsp3) is 0. The highest BCUT2D eigenvalue weighted by Gasteiger charge is 2.21. The van der Waals surface area contributed by atoms with Crippen LogP contribution in [0.25, 0.3) is 120 Å². The summed E-state index contributed by atoms with van der Waals surface area (Å²) in [6, 6.07) is 91.7. The number of hydrogen-bond donors (Lipinski definition) is 0. The Morgan fingerprint density at radius 1 is 0.232 bits per heavy atom. The first-order valence-electron chi connectivity index (χ1n) is 23.8. The van der Waals surface area contributed by atoms with Crippen molar-refractivity contribution in [2.24, 2.45) is 0 Å². The summed E-state index contributed by atoms with van der Waals surface area (Å²) in [5, 5.41) is 15.4. The number of hydrogen-bond acceptors (Lipinski definition) is 1. The number of aromatic nitrogens is 2. The summed E-state index contributed by atoms with van der Waals surface area (Å²) < 4.78 is 4.85. The average molecular weight is 876 g/mol. The fourth-order valence-corrected chi connectivity index (χ4v) is 11.7. The Morgan fingerprint density at radius 2 is 0.609 bits per heavy atom. The van der Waals surface area contributed by atoms with Crippen LogP contribution in [0.5, 0.6) is 0 Å². The van der Waals surface area contributed by atoms with Gasteiger partial charge in [-0.05, 0) is 127 Å². The van der Waals surface area contributed by atoms with Crippen LogP contribution in [0.1, 0.15) is 0 Å². The van der Waals surface area contributed by atoms with Crippen molar-refractivity contribution in [3.63, 3.8) is 0 Å². The van der Waals surface area contributed by atoms with Crippen molar-refractivity contribution in [3.05, 3.63) is 249 Å². The summed E-state index contributed by atoms with van der Waals surface area (Å²) in [4.78, 5) is 2.41. The summed E-state index contributed by atoms with van der Waals surface area (Å²) in [6.07, 6.45) is 0. The SMILES string of the molecule is c1ccc2c(c1)c1ccccc1c1cc(-c3ccc(N(c4ccc(-c5ccc(-n6c7ccccc7c7ccccc76)cc5)cc4)c4ccc5c6cccc7c8ccccc8n(c5c4)c76)cc3)ccc21. The summed E-state index contributed by atoms with van der Waals surface area (Å²) in [5.41, 5.74) is 15.3. The van der Waals surface area contributed by atoms with E-state index >= 15 is 0 Å². The van der Waals surface area contributed by atoms with Crippen LogP contribution < -0.4 is 4.90 Å². The first kappa shape index (κ1) is 38.0. The van der Waals surface area contributed by atoms with Crippen molar-refractivity contribution in [2.45, 2.75) is 0 Å². The van der Waals surface area contributed by atoms with Crippen LogP contribution in [0.3, 0.4) is 0 Å². The van der Waals surface area contributed by atoms with Crippen molar-refractivity contribution in [1.29, 1.82) is 0 Å². The molecule has 3 heterocycles. The molecule has 0 saturated heterocycles. The van der Waals surface area contributed by atoms with Crippen molar-refractivity contribution < 1.29 is 0 Å². The van der Waals surface area contributed by atoms with Crippen molar-refractivity contribution in [2.75, 3.05) is 4.90 Å². The predicted molar refractivity (Wildman–Crippen MR) is 294 cm³/mol. The molecule has 3 heteroatoms. The minimum atomic E-state index is 1.09. The molecule has 0 unspecified atom stereocenters. The summed E-state index contributed by atoms with van der Waals surface area (Å²) in [6.45, 7) is 0. The summed E-state index contributed by atoms with van der Waals surface area (Å²) in [5.74, 6) is 0. The van der Waals surface area contributed by atoms with Crippen LogP contribution in [0.15, 0.2) is 249 Å². The van der Waals surface area contributed by atoms with Crippen LogP contribution in [-0.4, -0.2) is 8.97 Å². The topological polar surface area (TPSA) is 12.6 Å². The lowest BCUT2D eigenvalue weighted by Gasteiger charge is -2.26. The first-order chi connectivity index (χ1) is 34.2. The highest BCUT2D eigenvalue weighted by molar-refractivity contribution is 6.26. The molecule has 0 aliphatic heterocycles. The zero-order valence-corrected chi connectivity index (χ0v) is 37.5. The van der Waals surface area contributed by atoms with E-state index in [1.54, 1.807) is 0 Å². The van der Waals surface area contributed by atoms with Crippen LogP contribution in [-0.2, 0) is 0 Å². The van der Waals surface area contributed by atoms with Crippen LogP contribution in [0, 0.1) is 0 Å². The predicted octanol–water partition coefficient (Wildman–Crippen LogP) is 18.2. The largest absolute Gasteiger partial charge is 0.310 e. The fourth-order valence-electron chi connectivity index (χ4n) is 11.7. The molecule has 12 aromatic carbocycles. The normalized spacial score (nSPS) is 12.1. The zero-order chi connectivity index (χ0) is 45.2. The van der Waals surface area contributed by atoms with E-state index in [1.807, 2.05) is 0 Å². The molecule has 0 fully saturated rings. The quantitative estimate of drug-likeness (QED) is 0.152. The van der Waals surface area contributed by atoms with Gasteiger partial charge in [0.05, 0.1) is 27.6 Å². The van der Waals surface area contributed by atoms with E-state index in [4.69, 9.17) is 0 Å². The Morgan fingerprint density at radius 3 is 1.17 bits per heavy atom. The van der Waals surface area contributed by atoms with Gasteiger partial charge in [0.25, 0.3) is 0 Å². The van der Waals surface area contributed by atoms with E-state index in [0.717, 1.165) is 22.7 Å². The van der Waals surface area contributed by atoms with E-state index in [1.165, 1.54) is 114 Å². The van der Waals surface area contributed by atoms with Gasteiger partial charge in [0.2, 0.25) is 0 Å². The minimum Gasteiger partial charge on any atom is -0.310 e. The molecular formula is C66H41N3. The average Bonchev–Trinajstić information content (AvgIpc) is 4.07. The molecule has 0 bridgehead atoms. The number of fused-ring (bicyclic) bond motifs is 15. The molecule has 0 aliphatic carbocycles. The van der Waals surface area contributed by atoms with Crippen LogP contribution in [0.4, 0.5) is 17.1 Å². The molecule has 0 N–H and O–H groups in total. The van der Waals surface area contributed by atoms with E-state index in [9.17, 15) is 0 Å². The second-order valence-electron chi connectivity index (χ2n) is 18.5. The highest BCUT2D eigenvalue weighted by atomic mass is 15.1. The Balaban J connectivity index is 0.847. The zero-order valence-electron chi connectivity index (χ0n) is 37.5. The molecule has 0 atom stereocenters. The maximum Gasteiger partial charge on any atom is 0.0620 e. The lowest BCUT2D eigenvalue weighted by atomic mass is 9.92. The monoisotopic (exact) mass is 875 g/mol. The number of anilines is 3. The van der Waals surface area contributed by atoms with E-state index in [-0.39, 0.29) is 0 Å². The molecule has 3 aromatic heterocycles. The van der Waals surface area contributed by atoms with Gasteiger partial charge in [-0.15, -0.1) is 0 Å². The third-order valence-corrected chi connectivity index (χ3v) is 14.8. The molecule has 0 radical (unpaired) electrons. The second kappa shape index (κ2) is 14.7. The van der Waals surface area contributed by atoms with Crippen molar-refractivity contribution >= 4 is 109 Å². The van der Waals surface area contributed by atoms with Crippen molar-refractivity contribution in [3.8, 4) is 27.9 Å². The van der Waals surface area contributed by atoms with Gasteiger partial charge in [0.15, 0.2) is 0 Å². The molecule has 69 heavy (non-hydrogen) atoms. The van der Waals surface area contributed by atoms with Gasteiger partial charge in [-0.3, -0.25) is 0 Å². The molecule has 0 amide bonds. The number of para-hydroxylation sites is 4. The summed E-state index contributed by atoms with van der Waals surface area (Å²) in [7, 11) is 0. The van der Waals surface area contributed by atoms with Gasteiger partial charge in [0.1, 0.15) is 0 Å². The van der Waals surface area contributed by atoms with Gasteiger partial charge in [0, 0.05) is 55.1 Å². The van der Waals surface area contributed by atoms with Gasteiger partial charge < -0.3 is 13.9 Å².